The Morgan fingerprint density at radius 2 is 1.90 bits per heavy atom. The van der Waals surface area contributed by atoms with E-state index >= 15 is 0 Å². The quantitative estimate of drug-likeness (QED) is 0.476. The zero-order valence-corrected chi connectivity index (χ0v) is 8.57. The summed E-state index contributed by atoms with van der Waals surface area (Å²) in [7, 11) is 0. The van der Waals surface area contributed by atoms with Crippen molar-refractivity contribution in [1.82, 2.24) is 4.98 Å². The van der Waals surface area contributed by atoms with Crippen LogP contribution in [0.5, 0.6) is 0 Å². The van der Waals surface area contributed by atoms with Gasteiger partial charge in [-0.3, -0.25) is 0 Å². The molecule has 1 nitrogen and oxygen atoms in total. The predicted octanol–water partition coefficient (Wildman–Crippen LogP) is -1.93. The fourth-order valence-corrected chi connectivity index (χ4v) is 0.540. The Balaban J connectivity index is 0.000000810. The van der Waals surface area contributed by atoms with Crippen LogP contribution >= 0.6 is 0 Å². The first-order valence-corrected chi connectivity index (χ1v) is 2.43. The van der Waals surface area contributed by atoms with Crippen LogP contribution in [-0.2, 0) is 0 Å². The Morgan fingerprint density at radius 3 is 2.10 bits per heavy atom. The number of nitrogens with one attached hydrogen (secondary N) is 1. The van der Waals surface area contributed by atoms with E-state index < -0.39 is 12.4 Å². The van der Waals surface area contributed by atoms with Gasteiger partial charge in [-0.2, -0.15) is 0 Å². The number of halogens is 3. The van der Waals surface area contributed by atoms with Crippen LogP contribution in [0.4, 0.5) is 12.9 Å². The molecule has 0 fully saturated rings. The molecule has 1 rings (SSSR count). The average molecular weight is 173 g/mol. The smallest absolute Gasteiger partial charge is 0.445 e. The Morgan fingerprint density at radius 1 is 1.30 bits per heavy atom. The van der Waals surface area contributed by atoms with Crippen LogP contribution < -0.4 is 56.8 Å². The van der Waals surface area contributed by atoms with Gasteiger partial charge < -0.3 is 17.9 Å². The molecule has 0 spiro atoms. The molecule has 0 aliphatic rings. The topological polar surface area (TPSA) is 15.8 Å². The third kappa shape index (κ3) is 2.79. The molecular weight excluding hydrogens is 169 g/mol. The second kappa shape index (κ2) is 3.96. The maximum Gasteiger partial charge on any atom is 1.00 e. The first kappa shape index (κ1) is 10.8. The summed E-state index contributed by atoms with van der Waals surface area (Å²) in [5.74, 6) is 0. The monoisotopic (exact) mass is 173 g/mol. The van der Waals surface area contributed by atoms with Gasteiger partial charge in [-0.15, -0.1) is 0 Å². The number of hydrogen-bond donors (Lipinski definition) is 1. The van der Waals surface area contributed by atoms with Crippen LogP contribution in [0.25, 0.3) is 0 Å². The van der Waals surface area contributed by atoms with Crippen LogP contribution in [0.2, 0.25) is 0 Å². The number of aromatic nitrogens is 1. The van der Waals surface area contributed by atoms with Crippen molar-refractivity contribution in [1.29, 1.82) is 0 Å². The minimum Gasteiger partial charge on any atom is -0.445 e. The van der Waals surface area contributed by atoms with Crippen molar-refractivity contribution in [3.05, 3.63) is 18.5 Å². The molecule has 0 saturated heterocycles. The largest absolute Gasteiger partial charge is 1.00 e. The van der Waals surface area contributed by atoms with Gasteiger partial charge in [0.15, 0.2) is 0 Å². The Labute approximate surface area is 98.9 Å². The van der Waals surface area contributed by atoms with Crippen LogP contribution in [0.15, 0.2) is 18.5 Å². The minimum atomic E-state index is -4.80. The normalized spacial score (nSPS) is 10.7. The maximum absolute atomic E-state index is 11.7. The standard InChI is InChI=1S/C4H4BF3N.K/c6-5(7,8)4-1-2-9-3-4;/h1-3,9H;/q-1;+1. The summed E-state index contributed by atoms with van der Waals surface area (Å²) in [6.07, 6.45) is 2.20. The molecule has 0 aliphatic carbocycles. The molecule has 10 heavy (non-hydrogen) atoms. The second-order valence-corrected chi connectivity index (χ2v) is 1.72. The van der Waals surface area contributed by atoms with Gasteiger partial charge in [0, 0.05) is 0 Å². The Hall–Kier alpha value is 0.771. The van der Waals surface area contributed by atoms with E-state index in [0.29, 0.717) is 0 Å². The van der Waals surface area contributed by atoms with E-state index in [1.165, 1.54) is 6.20 Å². The molecule has 0 unspecified atom stereocenters. The van der Waals surface area contributed by atoms with Crippen molar-refractivity contribution in [3.63, 3.8) is 0 Å². The van der Waals surface area contributed by atoms with Crippen molar-refractivity contribution < 1.29 is 64.3 Å². The molecule has 0 atom stereocenters. The van der Waals surface area contributed by atoms with Gasteiger partial charge >= 0.3 is 58.4 Å². The van der Waals surface area contributed by atoms with Crippen molar-refractivity contribution in [2.45, 2.75) is 0 Å². The summed E-state index contributed by atoms with van der Waals surface area (Å²) in [6.45, 7) is -4.80. The van der Waals surface area contributed by atoms with Crippen molar-refractivity contribution in [3.8, 4) is 0 Å². The van der Waals surface area contributed by atoms with E-state index in [1.54, 1.807) is 0 Å². The molecule has 50 valence electrons. The van der Waals surface area contributed by atoms with Crippen molar-refractivity contribution in [2.24, 2.45) is 0 Å². The molecule has 1 N–H and O–H groups in total. The van der Waals surface area contributed by atoms with Gasteiger partial charge in [0.05, 0.1) is 0 Å². The summed E-state index contributed by atoms with van der Waals surface area (Å²) in [5.41, 5.74) is -0.574. The van der Waals surface area contributed by atoms with E-state index in [0.717, 1.165) is 12.3 Å². The molecule has 0 bridgehead atoms. The predicted molar refractivity (Wildman–Crippen MR) is 29.5 cm³/mol. The van der Waals surface area contributed by atoms with Gasteiger partial charge in [-0.25, -0.2) is 0 Å². The maximum atomic E-state index is 11.7. The first-order chi connectivity index (χ1) is 4.11. The van der Waals surface area contributed by atoms with Crippen molar-refractivity contribution >= 4 is 12.4 Å². The van der Waals surface area contributed by atoms with E-state index in [9.17, 15) is 12.9 Å². The van der Waals surface area contributed by atoms with Gasteiger partial charge in [-0.05, 0) is 12.4 Å². The van der Waals surface area contributed by atoms with Crippen molar-refractivity contribution in [2.75, 3.05) is 0 Å². The van der Waals surface area contributed by atoms with Gasteiger partial charge in [-0.1, -0.05) is 11.5 Å². The molecule has 1 heterocycles. The summed E-state index contributed by atoms with van der Waals surface area (Å²) in [5, 5.41) is 0. The molecular formula is C4H4BF3KN. The van der Waals surface area contributed by atoms with Gasteiger partial charge in [0.25, 0.3) is 0 Å². The number of hydrogen-bond acceptors (Lipinski definition) is 0. The van der Waals surface area contributed by atoms with Crippen LogP contribution in [-0.4, -0.2) is 12.0 Å². The summed E-state index contributed by atoms with van der Waals surface area (Å²) in [4.78, 5) is 2.33. The second-order valence-electron chi connectivity index (χ2n) is 1.72. The third-order valence-electron chi connectivity index (χ3n) is 1.000. The molecule has 0 aliphatic heterocycles. The number of H-pyrrole nitrogens is 1. The Bertz CT molecular complexity index is 183. The van der Waals surface area contributed by atoms with Crippen LogP contribution in [0, 0.1) is 0 Å². The number of aromatic amines is 1. The summed E-state index contributed by atoms with van der Waals surface area (Å²) in [6, 6.07) is 1.01. The fourth-order valence-electron chi connectivity index (χ4n) is 0.540. The third-order valence-corrected chi connectivity index (χ3v) is 1.000. The average Bonchev–Trinajstić information content (AvgIpc) is 2.08. The Kier molecular flexibility index (Phi) is 4.27. The molecule has 1 aromatic heterocycles. The first-order valence-electron chi connectivity index (χ1n) is 2.43. The summed E-state index contributed by atoms with van der Waals surface area (Å²) < 4.78 is 35.0. The molecule has 1 aromatic rings. The molecule has 0 saturated carbocycles. The fraction of sp³-hybridized carbons (Fsp3) is 0. The molecule has 0 radical (unpaired) electrons. The molecule has 0 amide bonds. The molecule has 0 aromatic carbocycles. The van der Waals surface area contributed by atoms with Crippen LogP contribution in [0.3, 0.4) is 0 Å². The summed E-state index contributed by atoms with van der Waals surface area (Å²) >= 11 is 0. The van der Waals surface area contributed by atoms with Crippen LogP contribution in [0.1, 0.15) is 0 Å². The van der Waals surface area contributed by atoms with Gasteiger partial charge in [0.2, 0.25) is 0 Å². The van der Waals surface area contributed by atoms with E-state index in [1.807, 2.05) is 0 Å². The zero-order valence-electron chi connectivity index (χ0n) is 5.44. The molecule has 6 heteroatoms. The minimum absolute atomic E-state index is 0. The number of rotatable bonds is 1. The zero-order chi connectivity index (χ0) is 6.91. The van der Waals surface area contributed by atoms with E-state index in [4.69, 9.17) is 0 Å². The SMILES string of the molecule is F[B-](F)(F)c1cc[nH]c1.[K+]. The van der Waals surface area contributed by atoms with E-state index in [2.05, 4.69) is 4.98 Å². The van der Waals surface area contributed by atoms with E-state index in [-0.39, 0.29) is 51.4 Å². The van der Waals surface area contributed by atoms with Gasteiger partial charge in [0.1, 0.15) is 0 Å².